The van der Waals surface area contributed by atoms with Crippen LogP contribution < -0.4 is 4.74 Å². The fourth-order valence-corrected chi connectivity index (χ4v) is 2.45. The van der Waals surface area contributed by atoms with E-state index in [-0.39, 0.29) is 0 Å². The Hall–Kier alpha value is -3.63. The van der Waals surface area contributed by atoms with Crippen LogP contribution in [0.1, 0.15) is 18.4 Å². The SMILES string of the molecule is COc1ccc2cc([C@H](C)C(=O)OC[C@H](CO[N+](=O)[O-])O[N+](=O)[O-])ccc2c1. The van der Waals surface area contributed by atoms with E-state index >= 15 is 0 Å². The fourth-order valence-electron chi connectivity index (χ4n) is 2.45. The zero-order valence-electron chi connectivity index (χ0n) is 15.1. The van der Waals surface area contributed by atoms with Gasteiger partial charge in [-0.3, -0.25) is 4.79 Å². The zero-order valence-corrected chi connectivity index (χ0v) is 15.1. The van der Waals surface area contributed by atoms with Crippen molar-refractivity contribution in [2.45, 2.75) is 18.9 Å². The number of benzene rings is 2. The molecule has 0 aliphatic heterocycles. The molecule has 2 rings (SSSR count). The highest BCUT2D eigenvalue weighted by Gasteiger charge is 2.22. The van der Waals surface area contributed by atoms with Crippen molar-refractivity contribution < 1.29 is 34.1 Å². The molecule has 0 fully saturated rings. The van der Waals surface area contributed by atoms with Gasteiger partial charge in [-0.15, -0.1) is 20.2 Å². The second-order valence-electron chi connectivity index (χ2n) is 5.79. The molecule has 0 radical (unpaired) electrons. The average Bonchev–Trinajstić information content (AvgIpc) is 2.67. The summed E-state index contributed by atoms with van der Waals surface area (Å²) in [6.07, 6.45) is -1.42. The number of carbonyl (C=O) groups excluding carboxylic acids is 1. The van der Waals surface area contributed by atoms with Crippen LogP contribution in [-0.2, 0) is 19.2 Å². The van der Waals surface area contributed by atoms with E-state index in [4.69, 9.17) is 9.47 Å². The normalized spacial score (nSPS) is 12.6. The quantitative estimate of drug-likeness (QED) is 0.337. The molecule has 150 valence electrons. The minimum Gasteiger partial charge on any atom is -0.497 e. The molecule has 11 nitrogen and oxygen atoms in total. The van der Waals surface area contributed by atoms with Crippen molar-refractivity contribution in [2.24, 2.45) is 0 Å². The number of esters is 1. The molecule has 0 saturated carbocycles. The molecule has 2 aromatic carbocycles. The van der Waals surface area contributed by atoms with Crippen molar-refractivity contribution in [1.82, 2.24) is 0 Å². The van der Waals surface area contributed by atoms with Gasteiger partial charge in [-0.1, -0.05) is 24.3 Å². The molecule has 0 amide bonds. The summed E-state index contributed by atoms with van der Waals surface area (Å²) in [4.78, 5) is 41.2. The van der Waals surface area contributed by atoms with Gasteiger partial charge in [0.25, 0.3) is 10.2 Å². The summed E-state index contributed by atoms with van der Waals surface area (Å²) in [5, 5.41) is 20.2. The van der Waals surface area contributed by atoms with Crippen LogP contribution in [0, 0.1) is 20.2 Å². The highest BCUT2D eigenvalue weighted by Crippen LogP contribution is 2.25. The van der Waals surface area contributed by atoms with Crippen LogP contribution in [0.5, 0.6) is 5.75 Å². The van der Waals surface area contributed by atoms with E-state index in [0.717, 1.165) is 10.8 Å². The third-order valence-electron chi connectivity index (χ3n) is 3.94. The van der Waals surface area contributed by atoms with Crippen molar-refractivity contribution in [2.75, 3.05) is 20.3 Å². The van der Waals surface area contributed by atoms with Gasteiger partial charge in [0.1, 0.15) is 19.0 Å². The summed E-state index contributed by atoms with van der Waals surface area (Å²) in [5.41, 5.74) is 0.677. The maximum atomic E-state index is 12.3. The smallest absolute Gasteiger partial charge is 0.313 e. The van der Waals surface area contributed by atoms with Gasteiger partial charge in [0.2, 0.25) is 0 Å². The summed E-state index contributed by atoms with van der Waals surface area (Å²) in [5.74, 6) is -0.619. The molecule has 28 heavy (non-hydrogen) atoms. The molecule has 0 N–H and O–H groups in total. The predicted molar refractivity (Wildman–Crippen MR) is 94.7 cm³/mol. The van der Waals surface area contributed by atoms with Gasteiger partial charge >= 0.3 is 5.97 Å². The van der Waals surface area contributed by atoms with E-state index in [1.165, 1.54) is 0 Å². The average molecular weight is 394 g/mol. The summed E-state index contributed by atoms with van der Waals surface area (Å²) in [6, 6.07) is 10.9. The minimum atomic E-state index is -1.42. The van der Waals surface area contributed by atoms with Crippen molar-refractivity contribution in [1.29, 1.82) is 0 Å². The van der Waals surface area contributed by atoms with Crippen LogP contribution in [0.15, 0.2) is 36.4 Å². The molecular weight excluding hydrogens is 376 g/mol. The van der Waals surface area contributed by atoms with E-state index in [2.05, 4.69) is 9.68 Å². The number of rotatable bonds is 10. The van der Waals surface area contributed by atoms with Crippen molar-refractivity contribution in [3.05, 3.63) is 62.2 Å². The van der Waals surface area contributed by atoms with Gasteiger partial charge < -0.3 is 19.1 Å². The topological polar surface area (TPSA) is 140 Å². The number of fused-ring (bicyclic) bond motifs is 1. The lowest BCUT2D eigenvalue weighted by atomic mass is 9.98. The Morgan fingerprint density at radius 2 is 1.71 bits per heavy atom. The molecule has 0 aliphatic carbocycles. The van der Waals surface area contributed by atoms with Gasteiger partial charge in [0, 0.05) is 0 Å². The molecule has 0 saturated heterocycles. The van der Waals surface area contributed by atoms with Crippen LogP contribution in [0.3, 0.4) is 0 Å². The first-order chi connectivity index (χ1) is 13.3. The molecule has 2 atom stereocenters. The molecule has 0 heterocycles. The lowest BCUT2D eigenvalue weighted by Gasteiger charge is -2.17. The van der Waals surface area contributed by atoms with Crippen LogP contribution in [0.2, 0.25) is 0 Å². The second kappa shape index (κ2) is 9.35. The second-order valence-corrected chi connectivity index (χ2v) is 5.79. The lowest BCUT2D eigenvalue weighted by molar-refractivity contribution is -0.790. The monoisotopic (exact) mass is 394 g/mol. The highest BCUT2D eigenvalue weighted by molar-refractivity contribution is 5.86. The molecule has 11 heteroatoms. The third kappa shape index (κ3) is 5.69. The summed E-state index contributed by atoms with van der Waals surface area (Å²) < 4.78 is 10.2. The van der Waals surface area contributed by atoms with E-state index in [1.54, 1.807) is 26.2 Å². The van der Waals surface area contributed by atoms with E-state index in [0.29, 0.717) is 11.3 Å². The maximum absolute atomic E-state index is 12.3. The maximum Gasteiger partial charge on any atom is 0.313 e. The van der Waals surface area contributed by atoms with Crippen LogP contribution in [-0.4, -0.2) is 42.6 Å². The first-order valence-electron chi connectivity index (χ1n) is 8.13. The van der Waals surface area contributed by atoms with Crippen LogP contribution in [0.25, 0.3) is 10.8 Å². The van der Waals surface area contributed by atoms with Gasteiger partial charge in [0.05, 0.1) is 13.0 Å². The molecule has 2 aromatic rings. The number of carbonyl (C=O) groups is 1. The largest absolute Gasteiger partial charge is 0.497 e. The fraction of sp³-hybridized carbons (Fsp3) is 0.353. The number of methoxy groups -OCH3 is 1. The number of hydrogen-bond donors (Lipinski definition) is 0. The summed E-state index contributed by atoms with van der Waals surface area (Å²) >= 11 is 0. The van der Waals surface area contributed by atoms with Gasteiger partial charge in [-0.2, -0.15) is 0 Å². The summed E-state index contributed by atoms with van der Waals surface area (Å²) in [6.45, 7) is 0.306. The Balaban J connectivity index is 2.03. The third-order valence-corrected chi connectivity index (χ3v) is 3.94. The van der Waals surface area contributed by atoms with Crippen LogP contribution in [0.4, 0.5) is 0 Å². The lowest BCUT2D eigenvalue weighted by Crippen LogP contribution is -2.31. The first kappa shape index (κ1) is 20.7. The van der Waals surface area contributed by atoms with Gasteiger partial charge in [0.15, 0.2) is 6.10 Å². The van der Waals surface area contributed by atoms with Crippen molar-refractivity contribution in [3.63, 3.8) is 0 Å². The summed E-state index contributed by atoms with van der Waals surface area (Å²) in [7, 11) is 1.57. The van der Waals surface area contributed by atoms with Gasteiger partial charge in [-0.05, 0) is 35.4 Å². The standard InChI is InChI=1S/C17H18N2O9/c1-11(12-3-4-14-8-15(25-2)6-5-13(14)7-12)17(20)26-9-16(28-19(23)24)10-27-18(21)22/h3-8,11,16H,9-10H2,1-2H3/t11-,16+/m0/s1. The van der Waals surface area contributed by atoms with Gasteiger partial charge in [-0.25, -0.2) is 0 Å². The highest BCUT2D eigenvalue weighted by atomic mass is 17.0. The molecule has 0 spiro atoms. The molecule has 0 aromatic heterocycles. The number of ether oxygens (including phenoxy) is 2. The Bertz CT molecular complexity index is 871. The van der Waals surface area contributed by atoms with Crippen molar-refractivity contribution in [3.8, 4) is 5.75 Å². The number of hydrogen-bond acceptors (Lipinski definition) is 9. The zero-order chi connectivity index (χ0) is 20.7. The van der Waals surface area contributed by atoms with E-state index < -0.39 is 41.4 Å². The Morgan fingerprint density at radius 1 is 1.04 bits per heavy atom. The molecule has 0 bridgehead atoms. The number of nitrogens with zero attached hydrogens (tertiary/aromatic N) is 2. The molecule has 0 unspecified atom stereocenters. The van der Waals surface area contributed by atoms with E-state index in [9.17, 15) is 25.0 Å². The van der Waals surface area contributed by atoms with E-state index in [1.807, 2.05) is 24.3 Å². The van der Waals surface area contributed by atoms with Crippen molar-refractivity contribution >= 4 is 16.7 Å². The Labute approximate surface area is 158 Å². The molecular formula is C17H18N2O9. The predicted octanol–water partition coefficient (Wildman–Crippen LogP) is 2.28. The minimum absolute atomic E-state index is 0.567. The Kier molecular flexibility index (Phi) is 6.90. The van der Waals surface area contributed by atoms with Crippen LogP contribution >= 0.6 is 0 Å². The first-order valence-corrected chi connectivity index (χ1v) is 8.13. The Morgan fingerprint density at radius 3 is 2.36 bits per heavy atom. The molecule has 0 aliphatic rings.